The number of aromatic nitrogens is 1. The van der Waals surface area contributed by atoms with Crippen LogP contribution in [0.1, 0.15) is 27.4 Å². The highest BCUT2D eigenvalue weighted by molar-refractivity contribution is 5.98. The Hall–Kier alpha value is -4.11. The lowest BCUT2D eigenvalue weighted by Gasteiger charge is -2.02. The zero-order valence-electron chi connectivity index (χ0n) is 16.1. The molecule has 148 valence electrons. The maximum Gasteiger partial charge on any atom is 0.373 e. The summed E-state index contributed by atoms with van der Waals surface area (Å²) in [5, 5.41) is 10.6. The molecule has 0 radical (unpaired) electrons. The third-order valence-electron chi connectivity index (χ3n) is 4.77. The Morgan fingerprint density at radius 2 is 1.93 bits per heavy atom. The van der Waals surface area contributed by atoms with Crippen molar-refractivity contribution in [2.24, 2.45) is 0 Å². The number of halogens is 1. The molecule has 0 amide bonds. The van der Waals surface area contributed by atoms with E-state index < -0.39 is 5.97 Å². The summed E-state index contributed by atoms with van der Waals surface area (Å²) in [6, 6.07) is 19.1. The van der Waals surface area contributed by atoms with Gasteiger partial charge in [-0.2, -0.15) is 5.26 Å². The quantitative estimate of drug-likeness (QED) is 0.338. The standard InChI is InChI=1S/C24H17FN2O3/c1-29-24(28)23-11-10-20(30-23)15-27-14-18(21-4-2-3-5-22(21)27)12-17(13-26)16-6-8-19(25)9-7-16/h2-12,14H,15H2,1H3/b17-12-. The number of para-hydroxylation sites is 1. The van der Waals surface area contributed by atoms with Crippen molar-refractivity contribution in [2.45, 2.75) is 6.54 Å². The number of methoxy groups -OCH3 is 1. The fourth-order valence-electron chi connectivity index (χ4n) is 3.33. The number of ether oxygens (including phenoxy) is 1. The van der Waals surface area contributed by atoms with E-state index in [9.17, 15) is 14.4 Å². The minimum atomic E-state index is -0.528. The first-order valence-corrected chi connectivity index (χ1v) is 9.21. The fraction of sp³-hybridized carbons (Fsp3) is 0.0833. The van der Waals surface area contributed by atoms with Gasteiger partial charge in [-0.25, -0.2) is 9.18 Å². The van der Waals surface area contributed by atoms with Crippen LogP contribution < -0.4 is 0 Å². The lowest BCUT2D eigenvalue weighted by Crippen LogP contribution is -1.99. The number of nitrogens with zero attached hydrogens (tertiary/aromatic N) is 2. The first kappa shape index (κ1) is 19.2. The molecule has 0 fully saturated rings. The number of carbonyl (C=O) groups is 1. The molecule has 0 spiro atoms. The van der Waals surface area contributed by atoms with Gasteiger partial charge in [0.1, 0.15) is 11.6 Å². The molecule has 2 aromatic heterocycles. The van der Waals surface area contributed by atoms with E-state index in [0.717, 1.165) is 16.5 Å². The van der Waals surface area contributed by atoms with Crippen LogP contribution in [-0.4, -0.2) is 17.6 Å². The molecule has 0 aliphatic carbocycles. The van der Waals surface area contributed by atoms with Crippen LogP contribution in [0.4, 0.5) is 4.39 Å². The topological polar surface area (TPSA) is 68.2 Å². The summed E-state index contributed by atoms with van der Waals surface area (Å²) in [6.07, 6.45) is 3.71. The number of hydrogen-bond acceptors (Lipinski definition) is 4. The van der Waals surface area contributed by atoms with Crippen molar-refractivity contribution in [3.8, 4) is 6.07 Å². The summed E-state index contributed by atoms with van der Waals surface area (Å²) < 4.78 is 25.5. The molecule has 4 aromatic rings. The second kappa shape index (κ2) is 8.10. The fourth-order valence-corrected chi connectivity index (χ4v) is 3.33. The van der Waals surface area contributed by atoms with Gasteiger partial charge in [0.15, 0.2) is 0 Å². The average molecular weight is 400 g/mol. The Labute approximate surface area is 172 Å². The summed E-state index contributed by atoms with van der Waals surface area (Å²) in [4.78, 5) is 11.6. The highest BCUT2D eigenvalue weighted by Crippen LogP contribution is 2.27. The lowest BCUT2D eigenvalue weighted by molar-refractivity contribution is 0.0563. The summed E-state index contributed by atoms with van der Waals surface area (Å²) >= 11 is 0. The Morgan fingerprint density at radius 3 is 2.67 bits per heavy atom. The third-order valence-corrected chi connectivity index (χ3v) is 4.77. The number of allylic oxidation sites excluding steroid dienone is 1. The van der Waals surface area contributed by atoms with Gasteiger partial charge in [0, 0.05) is 22.7 Å². The third kappa shape index (κ3) is 3.74. The Kier molecular flexibility index (Phi) is 5.19. The van der Waals surface area contributed by atoms with Gasteiger partial charge in [-0.05, 0) is 42.0 Å². The molecule has 0 aliphatic rings. The molecule has 30 heavy (non-hydrogen) atoms. The first-order valence-electron chi connectivity index (χ1n) is 9.21. The minimum Gasteiger partial charge on any atom is -0.463 e. The maximum atomic E-state index is 13.2. The maximum absolute atomic E-state index is 13.2. The van der Waals surface area contributed by atoms with E-state index in [0.29, 0.717) is 23.4 Å². The van der Waals surface area contributed by atoms with E-state index in [1.54, 1.807) is 30.3 Å². The SMILES string of the molecule is COC(=O)c1ccc(Cn2cc(/C=C(/C#N)c3ccc(F)cc3)c3ccccc32)o1. The molecule has 0 aliphatic heterocycles. The predicted octanol–water partition coefficient (Wildman–Crippen LogP) is 5.27. The van der Waals surface area contributed by atoms with E-state index >= 15 is 0 Å². The molecule has 0 unspecified atom stereocenters. The van der Waals surface area contributed by atoms with Crippen LogP contribution in [0.3, 0.4) is 0 Å². The van der Waals surface area contributed by atoms with Gasteiger partial charge in [0.2, 0.25) is 5.76 Å². The van der Waals surface area contributed by atoms with Crippen molar-refractivity contribution >= 4 is 28.5 Å². The number of furan rings is 1. The molecule has 0 saturated carbocycles. The largest absolute Gasteiger partial charge is 0.463 e. The Balaban J connectivity index is 1.73. The summed E-state index contributed by atoms with van der Waals surface area (Å²) in [5.74, 6) is -0.129. The molecule has 4 rings (SSSR count). The van der Waals surface area contributed by atoms with Gasteiger partial charge in [0.05, 0.1) is 25.3 Å². The van der Waals surface area contributed by atoms with Crippen molar-refractivity contribution in [2.75, 3.05) is 7.11 Å². The lowest BCUT2D eigenvalue weighted by atomic mass is 10.0. The van der Waals surface area contributed by atoms with Crippen LogP contribution in [0, 0.1) is 17.1 Å². The Bertz CT molecular complexity index is 1290. The molecule has 0 saturated heterocycles. The van der Waals surface area contributed by atoms with E-state index in [2.05, 4.69) is 10.8 Å². The van der Waals surface area contributed by atoms with Crippen LogP contribution in [0.2, 0.25) is 0 Å². The Morgan fingerprint density at radius 1 is 1.17 bits per heavy atom. The van der Waals surface area contributed by atoms with Gasteiger partial charge < -0.3 is 13.7 Å². The van der Waals surface area contributed by atoms with Crippen LogP contribution in [0.15, 0.2) is 71.3 Å². The van der Waals surface area contributed by atoms with Gasteiger partial charge in [0.25, 0.3) is 0 Å². The van der Waals surface area contributed by atoms with Crippen LogP contribution in [0.5, 0.6) is 0 Å². The average Bonchev–Trinajstić information content (AvgIpc) is 3.38. The van der Waals surface area contributed by atoms with E-state index in [4.69, 9.17) is 4.42 Å². The van der Waals surface area contributed by atoms with Crippen molar-refractivity contribution in [3.05, 3.63) is 95.3 Å². The summed E-state index contributed by atoms with van der Waals surface area (Å²) in [5.41, 5.74) is 2.88. The van der Waals surface area contributed by atoms with E-state index in [1.807, 2.05) is 35.0 Å². The van der Waals surface area contributed by atoms with Gasteiger partial charge >= 0.3 is 5.97 Å². The zero-order valence-corrected chi connectivity index (χ0v) is 16.1. The first-order chi connectivity index (χ1) is 14.6. The molecular formula is C24H17FN2O3. The van der Waals surface area contributed by atoms with E-state index in [-0.39, 0.29) is 11.6 Å². The number of fused-ring (bicyclic) bond motifs is 1. The number of hydrogen-bond donors (Lipinski definition) is 0. The number of carbonyl (C=O) groups excluding carboxylic acids is 1. The molecule has 2 aromatic carbocycles. The second-order valence-electron chi connectivity index (χ2n) is 6.66. The van der Waals surface area contributed by atoms with E-state index in [1.165, 1.54) is 19.2 Å². The van der Waals surface area contributed by atoms with Crippen molar-refractivity contribution in [3.63, 3.8) is 0 Å². The monoisotopic (exact) mass is 400 g/mol. The van der Waals surface area contributed by atoms with Gasteiger partial charge in [-0.15, -0.1) is 0 Å². The second-order valence-corrected chi connectivity index (χ2v) is 6.66. The number of nitriles is 1. The zero-order chi connectivity index (χ0) is 21.1. The highest BCUT2D eigenvalue weighted by atomic mass is 19.1. The molecule has 0 bridgehead atoms. The van der Waals surface area contributed by atoms with Crippen molar-refractivity contribution < 1.29 is 18.3 Å². The van der Waals surface area contributed by atoms with Gasteiger partial charge in [-0.3, -0.25) is 0 Å². The normalized spacial score (nSPS) is 11.4. The molecule has 0 N–H and O–H groups in total. The van der Waals surface area contributed by atoms with Crippen molar-refractivity contribution in [1.29, 1.82) is 5.26 Å². The molecular weight excluding hydrogens is 383 g/mol. The van der Waals surface area contributed by atoms with Crippen LogP contribution in [-0.2, 0) is 11.3 Å². The molecule has 0 atom stereocenters. The molecule has 6 heteroatoms. The van der Waals surface area contributed by atoms with Crippen molar-refractivity contribution in [1.82, 2.24) is 4.57 Å². The molecule has 5 nitrogen and oxygen atoms in total. The number of benzene rings is 2. The molecule has 2 heterocycles. The minimum absolute atomic E-state index is 0.146. The number of rotatable bonds is 5. The summed E-state index contributed by atoms with van der Waals surface area (Å²) in [6.45, 7) is 0.407. The van der Waals surface area contributed by atoms with Crippen LogP contribution in [0.25, 0.3) is 22.6 Å². The highest BCUT2D eigenvalue weighted by Gasteiger charge is 2.14. The predicted molar refractivity (Wildman–Crippen MR) is 111 cm³/mol. The van der Waals surface area contributed by atoms with Crippen LogP contribution >= 0.6 is 0 Å². The number of esters is 1. The van der Waals surface area contributed by atoms with Gasteiger partial charge in [-0.1, -0.05) is 30.3 Å². The smallest absolute Gasteiger partial charge is 0.373 e. The summed E-state index contributed by atoms with van der Waals surface area (Å²) in [7, 11) is 1.30.